The van der Waals surface area contributed by atoms with E-state index in [1.54, 1.807) is 6.07 Å². The van der Waals surface area contributed by atoms with Crippen LogP contribution in [0.1, 0.15) is 25.7 Å². The monoisotopic (exact) mass is 234 g/mol. The normalized spacial score (nSPS) is 24.6. The average Bonchev–Trinajstić information content (AvgIpc) is 2.94. The number of nitrogens with one attached hydrogen (secondary N) is 1. The first kappa shape index (κ1) is 10.7. The maximum Gasteiger partial charge on any atom is 0.203 e. The molecule has 0 saturated carbocycles. The van der Waals surface area contributed by atoms with Crippen LogP contribution >= 0.6 is 0 Å². The Kier molecular flexibility index (Phi) is 2.40. The lowest BCUT2D eigenvalue weighted by molar-refractivity contribution is 0.344. The first-order chi connectivity index (χ1) is 8.23. The summed E-state index contributed by atoms with van der Waals surface area (Å²) in [6.45, 7) is 4.02. The van der Waals surface area contributed by atoms with Crippen molar-refractivity contribution in [2.24, 2.45) is 0 Å². The molecule has 0 aliphatic carbocycles. The van der Waals surface area contributed by atoms with E-state index in [0.717, 1.165) is 37.3 Å². The largest absolute Gasteiger partial charge is 0.440 e. The standard InChI is InChI=1S/C13H15FN2O/c1-2-13(5-6-15-8-13)12-16-10-4-3-9(14)7-11(10)17-12/h3-4,7,15H,2,5-6,8H2,1H3. The fraction of sp³-hybridized carbons (Fsp3) is 0.462. The van der Waals surface area contributed by atoms with E-state index in [-0.39, 0.29) is 11.2 Å². The molecule has 1 atom stereocenters. The highest BCUT2D eigenvalue weighted by molar-refractivity contribution is 5.72. The Morgan fingerprint density at radius 3 is 3.12 bits per heavy atom. The number of aromatic nitrogens is 1. The summed E-state index contributed by atoms with van der Waals surface area (Å²) in [7, 11) is 0. The summed E-state index contributed by atoms with van der Waals surface area (Å²) < 4.78 is 18.8. The molecule has 1 aliphatic heterocycles. The van der Waals surface area contributed by atoms with Crippen molar-refractivity contribution in [3.63, 3.8) is 0 Å². The van der Waals surface area contributed by atoms with Gasteiger partial charge in [-0.15, -0.1) is 0 Å². The molecule has 1 saturated heterocycles. The van der Waals surface area contributed by atoms with Crippen molar-refractivity contribution < 1.29 is 8.81 Å². The molecule has 1 fully saturated rings. The number of hydrogen-bond donors (Lipinski definition) is 1. The van der Waals surface area contributed by atoms with Crippen molar-refractivity contribution in [3.05, 3.63) is 29.9 Å². The molecule has 1 aromatic heterocycles. The molecule has 0 bridgehead atoms. The van der Waals surface area contributed by atoms with Crippen LogP contribution in [0, 0.1) is 5.82 Å². The summed E-state index contributed by atoms with van der Waals surface area (Å²) in [5.74, 6) is 0.459. The summed E-state index contributed by atoms with van der Waals surface area (Å²) in [6, 6.07) is 4.49. The van der Waals surface area contributed by atoms with Crippen molar-refractivity contribution in [2.45, 2.75) is 25.2 Å². The number of fused-ring (bicyclic) bond motifs is 1. The van der Waals surface area contributed by atoms with Crippen LogP contribution in [0.3, 0.4) is 0 Å². The second-order valence-electron chi connectivity index (χ2n) is 4.69. The first-order valence-electron chi connectivity index (χ1n) is 6.01. The van der Waals surface area contributed by atoms with E-state index >= 15 is 0 Å². The van der Waals surface area contributed by atoms with Crippen LogP contribution < -0.4 is 5.32 Å². The van der Waals surface area contributed by atoms with Gasteiger partial charge >= 0.3 is 0 Å². The van der Waals surface area contributed by atoms with Gasteiger partial charge in [-0.2, -0.15) is 0 Å². The van der Waals surface area contributed by atoms with Gasteiger partial charge in [0.05, 0.1) is 5.41 Å². The summed E-state index contributed by atoms with van der Waals surface area (Å²) in [4.78, 5) is 4.51. The van der Waals surface area contributed by atoms with Gasteiger partial charge in [0.15, 0.2) is 5.58 Å². The van der Waals surface area contributed by atoms with Crippen LogP contribution in [-0.2, 0) is 5.41 Å². The van der Waals surface area contributed by atoms with Gasteiger partial charge in [-0.05, 0) is 31.5 Å². The number of rotatable bonds is 2. The molecule has 2 aromatic rings. The lowest BCUT2D eigenvalue weighted by atomic mass is 9.84. The zero-order valence-electron chi connectivity index (χ0n) is 9.79. The van der Waals surface area contributed by atoms with Crippen LogP contribution in [0.4, 0.5) is 4.39 Å². The molecule has 2 heterocycles. The van der Waals surface area contributed by atoms with E-state index in [9.17, 15) is 4.39 Å². The molecule has 1 N–H and O–H groups in total. The Bertz CT molecular complexity index is 543. The molecule has 0 radical (unpaired) electrons. The minimum Gasteiger partial charge on any atom is -0.440 e. The third-order valence-corrected chi connectivity index (χ3v) is 3.72. The van der Waals surface area contributed by atoms with Crippen LogP contribution in [0.5, 0.6) is 0 Å². The highest BCUT2D eigenvalue weighted by Crippen LogP contribution is 2.35. The van der Waals surface area contributed by atoms with Crippen LogP contribution in [0.2, 0.25) is 0 Å². The fourth-order valence-electron chi connectivity index (χ4n) is 2.50. The first-order valence-corrected chi connectivity index (χ1v) is 6.01. The van der Waals surface area contributed by atoms with E-state index in [1.165, 1.54) is 12.1 Å². The van der Waals surface area contributed by atoms with Crippen molar-refractivity contribution in [2.75, 3.05) is 13.1 Å². The van der Waals surface area contributed by atoms with Crippen molar-refractivity contribution in [1.82, 2.24) is 10.3 Å². The van der Waals surface area contributed by atoms with Gasteiger partial charge < -0.3 is 9.73 Å². The van der Waals surface area contributed by atoms with Crippen molar-refractivity contribution in [3.8, 4) is 0 Å². The molecule has 17 heavy (non-hydrogen) atoms. The Balaban J connectivity index is 2.11. The summed E-state index contributed by atoms with van der Waals surface area (Å²) >= 11 is 0. The highest BCUT2D eigenvalue weighted by atomic mass is 19.1. The van der Waals surface area contributed by atoms with Gasteiger partial charge in [0.2, 0.25) is 5.89 Å². The molecular formula is C13H15FN2O. The van der Waals surface area contributed by atoms with E-state index in [4.69, 9.17) is 4.42 Å². The third-order valence-electron chi connectivity index (χ3n) is 3.72. The lowest BCUT2D eigenvalue weighted by Crippen LogP contribution is -2.28. The minimum atomic E-state index is -0.282. The van der Waals surface area contributed by atoms with Gasteiger partial charge in [0.25, 0.3) is 0 Å². The zero-order chi connectivity index (χ0) is 11.9. The molecule has 0 amide bonds. The Morgan fingerprint density at radius 2 is 2.41 bits per heavy atom. The molecule has 3 nitrogen and oxygen atoms in total. The van der Waals surface area contributed by atoms with Crippen molar-refractivity contribution >= 4 is 11.1 Å². The number of halogens is 1. The Labute approximate surface area is 99.0 Å². The number of oxazole rings is 1. The molecule has 1 aliphatic rings. The number of nitrogens with zero attached hydrogens (tertiary/aromatic N) is 1. The molecule has 4 heteroatoms. The maximum atomic E-state index is 13.1. The number of hydrogen-bond acceptors (Lipinski definition) is 3. The zero-order valence-corrected chi connectivity index (χ0v) is 9.79. The topological polar surface area (TPSA) is 38.1 Å². The van der Waals surface area contributed by atoms with E-state index in [0.29, 0.717) is 5.58 Å². The number of benzene rings is 1. The van der Waals surface area contributed by atoms with Crippen molar-refractivity contribution in [1.29, 1.82) is 0 Å². The predicted octanol–water partition coefficient (Wildman–Crippen LogP) is 2.61. The molecular weight excluding hydrogens is 219 g/mol. The average molecular weight is 234 g/mol. The van der Waals surface area contributed by atoms with Gasteiger partial charge in [-0.1, -0.05) is 6.92 Å². The Morgan fingerprint density at radius 1 is 1.53 bits per heavy atom. The fourth-order valence-corrected chi connectivity index (χ4v) is 2.50. The van der Waals surface area contributed by atoms with Gasteiger partial charge in [-0.3, -0.25) is 0 Å². The van der Waals surface area contributed by atoms with Crippen LogP contribution in [0.25, 0.3) is 11.1 Å². The quantitative estimate of drug-likeness (QED) is 0.868. The van der Waals surface area contributed by atoms with Gasteiger partial charge in [-0.25, -0.2) is 9.37 Å². The predicted molar refractivity (Wildman–Crippen MR) is 63.4 cm³/mol. The summed E-state index contributed by atoms with van der Waals surface area (Å²) in [5, 5.41) is 3.34. The molecule has 0 spiro atoms. The van der Waals surface area contributed by atoms with Gasteiger partial charge in [0, 0.05) is 12.6 Å². The second-order valence-corrected chi connectivity index (χ2v) is 4.69. The third kappa shape index (κ3) is 1.63. The highest BCUT2D eigenvalue weighted by Gasteiger charge is 2.38. The molecule has 3 rings (SSSR count). The SMILES string of the molecule is CCC1(c2nc3ccc(F)cc3o2)CCNC1. The van der Waals surface area contributed by atoms with E-state index < -0.39 is 0 Å². The molecule has 90 valence electrons. The van der Waals surface area contributed by atoms with Crippen LogP contribution in [-0.4, -0.2) is 18.1 Å². The minimum absolute atomic E-state index is 0.0184. The smallest absolute Gasteiger partial charge is 0.203 e. The van der Waals surface area contributed by atoms with Gasteiger partial charge in [0.1, 0.15) is 11.3 Å². The van der Waals surface area contributed by atoms with E-state index in [2.05, 4.69) is 17.2 Å². The van der Waals surface area contributed by atoms with Crippen LogP contribution in [0.15, 0.2) is 22.6 Å². The van der Waals surface area contributed by atoms with E-state index in [1.807, 2.05) is 0 Å². The summed E-state index contributed by atoms with van der Waals surface area (Å²) in [6.07, 6.45) is 2.01. The summed E-state index contributed by atoms with van der Waals surface area (Å²) in [5.41, 5.74) is 1.26. The molecule has 1 aromatic carbocycles. The maximum absolute atomic E-state index is 13.1. The molecule has 1 unspecified atom stereocenters. The second kappa shape index (κ2) is 3.81. The Hall–Kier alpha value is -1.42. The lowest BCUT2D eigenvalue weighted by Gasteiger charge is -2.21.